The summed E-state index contributed by atoms with van der Waals surface area (Å²) in [4.78, 5) is 0. The van der Waals surface area contributed by atoms with Crippen LogP contribution in [0.5, 0.6) is 0 Å². The Morgan fingerprint density at radius 2 is 1.33 bits per heavy atom. The molecule has 2 aliphatic rings. The maximum absolute atomic E-state index is 5.51. The van der Waals surface area contributed by atoms with Gasteiger partial charge in [-0.1, -0.05) is 0 Å². The van der Waals surface area contributed by atoms with Crippen molar-refractivity contribution in [1.82, 2.24) is 0 Å². The molecule has 2 aliphatic heterocycles. The van der Waals surface area contributed by atoms with Crippen LogP contribution >= 0.6 is 0 Å². The molecule has 0 radical (unpaired) electrons. The van der Waals surface area contributed by atoms with Gasteiger partial charge in [0.05, 0.1) is 13.2 Å². The van der Waals surface area contributed by atoms with Gasteiger partial charge in [0.15, 0.2) is 0 Å². The van der Waals surface area contributed by atoms with Gasteiger partial charge in [0.1, 0.15) is 24.4 Å². The molecule has 4 nitrogen and oxygen atoms in total. The van der Waals surface area contributed by atoms with Crippen LogP contribution in [0.2, 0.25) is 0 Å². The Morgan fingerprint density at radius 3 is 1.67 bits per heavy atom. The highest BCUT2D eigenvalue weighted by Crippen LogP contribution is 2.29. The second kappa shape index (κ2) is 3.30. The van der Waals surface area contributed by atoms with Gasteiger partial charge in [-0.2, -0.15) is 0 Å². The van der Waals surface area contributed by atoms with E-state index in [9.17, 15) is 0 Å². The van der Waals surface area contributed by atoms with Crippen molar-refractivity contribution in [2.45, 2.75) is 24.4 Å². The molecule has 0 aromatic carbocycles. The quantitative estimate of drug-likeness (QED) is 0.581. The van der Waals surface area contributed by atoms with E-state index in [1.54, 1.807) is 14.2 Å². The molecule has 0 bridgehead atoms. The highest BCUT2D eigenvalue weighted by molar-refractivity contribution is 4.95. The third-order valence-electron chi connectivity index (χ3n) is 2.57. The van der Waals surface area contributed by atoms with Crippen LogP contribution in [0, 0.1) is 0 Å². The lowest BCUT2D eigenvalue weighted by molar-refractivity contribution is -0.0267. The first-order chi connectivity index (χ1) is 5.86. The van der Waals surface area contributed by atoms with Crippen molar-refractivity contribution in [3.05, 3.63) is 0 Å². The maximum atomic E-state index is 5.51. The molecular formula is C8H14O4. The Labute approximate surface area is 71.7 Å². The van der Waals surface area contributed by atoms with Crippen LogP contribution < -0.4 is 0 Å². The monoisotopic (exact) mass is 174 g/mol. The molecule has 0 amide bonds. The molecule has 70 valence electrons. The molecule has 12 heavy (non-hydrogen) atoms. The van der Waals surface area contributed by atoms with Crippen LogP contribution in [0.4, 0.5) is 0 Å². The number of methoxy groups -OCH3 is 2. The second-order valence-electron chi connectivity index (χ2n) is 3.14. The zero-order valence-electron chi connectivity index (χ0n) is 7.36. The minimum absolute atomic E-state index is 0.0694. The highest BCUT2D eigenvalue weighted by atomic mass is 16.6. The molecule has 2 rings (SSSR count). The predicted molar refractivity (Wildman–Crippen MR) is 41.1 cm³/mol. The van der Waals surface area contributed by atoms with Crippen molar-refractivity contribution >= 4 is 0 Å². The summed E-state index contributed by atoms with van der Waals surface area (Å²) < 4.78 is 21.4. The van der Waals surface area contributed by atoms with Crippen molar-refractivity contribution in [1.29, 1.82) is 0 Å². The Hall–Kier alpha value is -0.160. The molecule has 0 saturated carbocycles. The van der Waals surface area contributed by atoms with Crippen LogP contribution in [0.25, 0.3) is 0 Å². The van der Waals surface area contributed by atoms with Gasteiger partial charge in [0.25, 0.3) is 0 Å². The van der Waals surface area contributed by atoms with Crippen molar-refractivity contribution < 1.29 is 18.9 Å². The summed E-state index contributed by atoms with van der Waals surface area (Å²) in [5.74, 6) is 0. The molecule has 4 atom stereocenters. The van der Waals surface area contributed by atoms with E-state index < -0.39 is 0 Å². The molecule has 2 unspecified atom stereocenters. The predicted octanol–water partition coefficient (Wildman–Crippen LogP) is -0.186. The van der Waals surface area contributed by atoms with Gasteiger partial charge in [-0.25, -0.2) is 0 Å². The summed E-state index contributed by atoms with van der Waals surface area (Å²) in [5, 5.41) is 0. The summed E-state index contributed by atoms with van der Waals surface area (Å²) in [7, 11) is 3.36. The third kappa shape index (κ3) is 1.15. The number of ether oxygens (including phenoxy) is 4. The smallest absolute Gasteiger partial charge is 0.115 e. The molecule has 2 fully saturated rings. The van der Waals surface area contributed by atoms with E-state index in [0.717, 1.165) is 0 Å². The number of hydrogen-bond acceptors (Lipinski definition) is 4. The van der Waals surface area contributed by atoms with Gasteiger partial charge < -0.3 is 18.9 Å². The number of fused-ring (bicyclic) bond motifs is 1. The largest absolute Gasteiger partial charge is 0.376 e. The Morgan fingerprint density at radius 1 is 0.917 bits per heavy atom. The minimum atomic E-state index is 0.0694. The average molecular weight is 174 g/mol. The van der Waals surface area contributed by atoms with E-state index in [1.807, 2.05) is 0 Å². The Kier molecular flexibility index (Phi) is 2.32. The van der Waals surface area contributed by atoms with E-state index in [0.29, 0.717) is 13.2 Å². The van der Waals surface area contributed by atoms with E-state index in [-0.39, 0.29) is 24.4 Å². The number of rotatable bonds is 2. The summed E-state index contributed by atoms with van der Waals surface area (Å²) in [5.41, 5.74) is 0. The molecule has 0 aromatic rings. The molecule has 2 heterocycles. The first kappa shape index (κ1) is 8.44. The molecule has 0 spiro atoms. The SMILES string of the molecule is CO[C@@H]1COC2C1OC[C@H]2OC. The van der Waals surface area contributed by atoms with Crippen LogP contribution in [-0.2, 0) is 18.9 Å². The van der Waals surface area contributed by atoms with Gasteiger partial charge in [0.2, 0.25) is 0 Å². The fourth-order valence-corrected chi connectivity index (χ4v) is 1.83. The average Bonchev–Trinajstić information content (AvgIpc) is 2.62. The lowest BCUT2D eigenvalue weighted by Crippen LogP contribution is -2.32. The fourth-order valence-electron chi connectivity index (χ4n) is 1.83. The third-order valence-corrected chi connectivity index (χ3v) is 2.57. The molecule has 0 N–H and O–H groups in total. The van der Waals surface area contributed by atoms with Crippen LogP contribution in [0.1, 0.15) is 0 Å². The molecular weight excluding hydrogens is 160 g/mol. The van der Waals surface area contributed by atoms with Crippen molar-refractivity contribution in [3.63, 3.8) is 0 Å². The highest BCUT2D eigenvalue weighted by Gasteiger charge is 2.48. The van der Waals surface area contributed by atoms with E-state index >= 15 is 0 Å². The van der Waals surface area contributed by atoms with Gasteiger partial charge in [-0.15, -0.1) is 0 Å². The zero-order chi connectivity index (χ0) is 8.55. The van der Waals surface area contributed by atoms with Crippen molar-refractivity contribution in [2.75, 3.05) is 27.4 Å². The van der Waals surface area contributed by atoms with Gasteiger partial charge in [0, 0.05) is 14.2 Å². The van der Waals surface area contributed by atoms with E-state index in [4.69, 9.17) is 18.9 Å². The molecule has 0 aliphatic carbocycles. The normalized spacial score (nSPS) is 46.5. The molecule has 4 heteroatoms. The molecule has 0 aromatic heterocycles. The lowest BCUT2D eigenvalue weighted by atomic mass is 10.1. The molecule has 2 saturated heterocycles. The summed E-state index contributed by atoms with van der Waals surface area (Å²) >= 11 is 0. The standard InChI is InChI=1S/C8H14O4/c1-9-5-3-11-8-6(10-2)4-12-7(5)8/h5-8H,3-4H2,1-2H3/t5-,6-,7?,8?/m1/s1. The van der Waals surface area contributed by atoms with Gasteiger partial charge in [-0.05, 0) is 0 Å². The number of hydrogen-bond donors (Lipinski definition) is 0. The van der Waals surface area contributed by atoms with Crippen LogP contribution in [-0.4, -0.2) is 51.8 Å². The van der Waals surface area contributed by atoms with E-state index in [1.165, 1.54) is 0 Å². The fraction of sp³-hybridized carbons (Fsp3) is 1.00. The van der Waals surface area contributed by atoms with Gasteiger partial charge in [-0.3, -0.25) is 0 Å². The maximum Gasteiger partial charge on any atom is 0.115 e. The first-order valence-corrected chi connectivity index (χ1v) is 4.15. The summed E-state index contributed by atoms with van der Waals surface area (Å²) in [6.07, 6.45) is 0.296. The van der Waals surface area contributed by atoms with Gasteiger partial charge >= 0.3 is 0 Å². The van der Waals surface area contributed by atoms with Crippen molar-refractivity contribution in [2.24, 2.45) is 0 Å². The van der Waals surface area contributed by atoms with Crippen LogP contribution in [0.15, 0.2) is 0 Å². The second-order valence-corrected chi connectivity index (χ2v) is 3.14. The topological polar surface area (TPSA) is 36.9 Å². The Balaban J connectivity index is 2.01. The summed E-state index contributed by atoms with van der Waals surface area (Å²) in [6, 6.07) is 0. The van der Waals surface area contributed by atoms with Crippen molar-refractivity contribution in [3.8, 4) is 0 Å². The summed E-state index contributed by atoms with van der Waals surface area (Å²) in [6.45, 7) is 1.23. The minimum Gasteiger partial charge on any atom is -0.376 e. The zero-order valence-corrected chi connectivity index (χ0v) is 7.36. The lowest BCUT2D eigenvalue weighted by Gasteiger charge is -2.14. The Bertz CT molecular complexity index is 143. The van der Waals surface area contributed by atoms with E-state index in [2.05, 4.69) is 0 Å². The van der Waals surface area contributed by atoms with Crippen LogP contribution in [0.3, 0.4) is 0 Å². The first-order valence-electron chi connectivity index (χ1n) is 4.15.